The molecule has 0 spiro atoms. The van der Waals surface area contributed by atoms with Crippen LogP contribution in [-0.4, -0.2) is 46.1 Å². The molecule has 4 rings (SSSR count). The molecule has 0 bridgehead atoms. The number of nitrogens with one attached hydrogen (secondary N) is 1. The second kappa shape index (κ2) is 8.17. The molecule has 2 aliphatic rings. The molecule has 2 aromatic rings. The average Bonchev–Trinajstić information content (AvgIpc) is 3.23. The van der Waals surface area contributed by atoms with Crippen molar-refractivity contribution in [3.05, 3.63) is 46.8 Å². The molecule has 6 heteroatoms. The van der Waals surface area contributed by atoms with Crippen molar-refractivity contribution in [1.29, 1.82) is 0 Å². The predicted molar refractivity (Wildman–Crippen MR) is 108 cm³/mol. The zero-order chi connectivity index (χ0) is 19.5. The van der Waals surface area contributed by atoms with Gasteiger partial charge in [-0.15, -0.1) is 0 Å². The molecule has 1 aliphatic heterocycles. The summed E-state index contributed by atoms with van der Waals surface area (Å²) in [6.45, 7) is 3.90. The summed E-state index contributed by atoms with van der Waals surface area (Å²) in [7, 11) is 0. The van der Waals surface area contributed by atoms with Gasteiger partial charge in [0.15, 0.2) is 5.69 Å². The fourth-order valence-corrected chi connectivity index (χ4v) is 4.18. The van der Waals surface area contributed by atoms with Crippen LogP contribution in [0.25, 0.3) is 5.69 Å². The molecule has 2 heterocycles. The van der Waals surface area contributed by atoms with Gasteiger partial charge in [0.2, 0.25) is 5.91 Å². The second-order valence-corrected chi connectivity index (χ2v) is 7.82. The minimum Gasteiger partial charge on any atom is -0.349 e. The Morgan fingerprint density at radius 2 is 1.89 bits per heavy atom. The lowest BCUT2D eigenvalue weighted by Crippen LogP contribution is -2.38. The van der Waals surface area contributed by atoms with Crippen molar-refractivity contribution in [2.24, 2.45) is 0 Å². The van der Waals surface area contributed by atoms with E-state index in [1.54, 1.807) is 0 Å². The Morgan fingerprint density at radius 1 is 1.07 bits per heavy atom. The normalized spacial score (nSPS) is 16.8. The number of aromatic nitrogens is 2. The molecule has 0 atom stereocenters. The summed E-state index contributed by atoms with van der Waals surface area (Å²) < 4.78 is 1.93. The van der Waals surface area contributed by atoms with Gasteiger partial charge in [0.1, 0.15) is 0 Å². The third-order valence-corrected chi connectivity index (χ3v) is 5.76. The summed E-state index contributed by atoms with van der Waals surface area (Å²) >= 11 is 0. The summed E-state index contributed by atoms with van der Waals surface area (Å²) in [6, 6.07) is 8.23. The Labute approximate surface area is 165 Å². The van der Waals surface area contributed by atoms with Gasteiger partial charge in [-0.2, -0.15) is 5.10 Å². The number of likely N-dealkylation sites (tertiary alicyclic amines) is 1. The topological polar surface area (TPSA) is 67.2 Å². The lowest BCUT2D eigenvalue weighted by molar-refractivity contribution is -0.130. The summed E-state index contributed by atoms with van der Waals surface area (Å²) in [5.41, 5.74) is 4.96. The Balaban J connectivity index is 1.45. The number of nitrogens with zero attached hydrogens (tertiary/aromatic N) is 3. The van der Waals surface area contributed by atoms with Gasteiger partial charge in [-0.25, -0.2) is 4.68 Å². The molecule has 1 fully saturated rings. The number of amides is 2. The largest absolute Gasteiger partial charge is 0.349 e. The van der Waals surface area contributed by atoms with Crippen molar-refractivity contribution >= 4 is 11.8 Å². The van der Waals surface area contributed by atoms with Crippen LogP contribution in [0.3, 0.4) is 0 Å². The second-order valence-electron chi connectivity index (χ2n) is 7.82. The van der Waals surface area contributed by atoms with Crippen LogP contribution in [0.4, 0.5) is 0 Å². The van der Waals surface area contributed by atoms with Crippen molar-refractivity contribution in [2.75, 3.05) is 19.6 Å². The van der Waals surface area contributed by atoms with Crippen LogP contribution in [0.1, 0.15) is 59.4 Å². The molecule has 1 aliphatic carbocycles. The molecule has 148 valence electrons. The van der Waals surface area contributed by atoms with E-state index < -0.39 is 0 Å². The SMILES string of the molecule is Cc1ccc(-n2nc(C(=O)NCCN3CCCCCC3=O)c3c2CCC3)cc1. The molecule has 0 radical (unpaired) electrons. The number of carbonyl (C=O) groups is 2. The van der Waals surface area contributed by atoms with E-state index >= 15 is 0 Å². The molecule has 6 nitrogen and oxygen atoms in total. The molecule has 28 heavy (non-hydrogen) atoms. The van der Waals surface area contributed by atoms with Crippen LogP contribution in [0.15, 0.2) is 24.3 Å². The van der Waals surface area contributed by atoms with Gasteiger partial charge < -0.3 is 10.2 Å². The van der Waals surface area contributed by atoms with Gasteiger partial charge >= 0.3 is 0 Å². The first-order valence-corrected chi connectivity index (χ1v) is 10.4. The highest BCUT2D eigenvalue weighted by molar-refractivity contribution is 5.94. The Bertz CT molecular complexity index is 869. The smallest absolute Gasteiger partial charge is 0.272 e. The van der Waals surface area contributed by atoms with Crippen molar-refractivity contribution in [2.45, 2.75) is 51.9 Å². The minimum absolute atomic E-state index is 0.133. The van der Waals surface area contributed by atoms with E-state index in [9.17, 15) is 9.59 Å². The molecule has 1 aromatic heterocycles. The Hall–Kier alpha value is -2.63. The van der Waals surface area contributed by atoms with E-state index in [1.807, 2.05) is 21.7 Å². The fraction of sp³-hybridized carbons (Fsp3) is 0.500. The zero-order valence-electron chi connectivity index (χ0n) is 16.5. The number of fused-ring (bicyclic) bond motifs is 1. The van der Waals surface area contributed by atoms with E-state index in [4.69, 9.17) is 0 Å². The van der Waals surface area contributed by atoms with Gasteiger partial charge in [0.25, 0.3) is 5.91 Å². The molecule has 0 unspecified atom stereocenters. The van der Waals surface area contributed by atoms with Crippen molar-refractivity contribution in [3.63, 3.8) is 0 Å². The molecule has 1 aromatic carbocycles. The monoisotopic (exact) mass is 380 g/mol. The van der Waals surface area contributed by atoms with Crippen LogP contribution >= 0.6 is 0 Å². The fourth-order valence-electron chi connectivity index (χ4n) is 4.18. The van der Waals surface area contributed by atoms with E-state index in [0.717, 1.165) is 62.0 Å². The first-order valence-electron chi connectivity index (χ1n) is 10.4. The van der Waals surface area contributed by atoms with E-state index in [1.165, 1.54) is 5.56 Å². The van der Waals surface area contributed by atoms with E-state index in [-0.39, 0.29) is 11.8 Å². The number of rotatable bonds is 5. The summed E-state index contributed by atoms with van der Waals surface area (Å²) in [6.07, 6.45) is 6.67. The number of hydrogen-bond acceptors (Lipinski definition) is 3. The molecule has 2 amide bonds. The van der Waals surface area contributed by atoms with Gasteiger partial charge in [-0.05, 0) is 51.2 Å². The maximum absolute atomic E-state index is 12.8. The van der Waals surface area contributed by atoms with Gasteiger partial charge in [0.05, 0.1) is 5.69 Å². The predicted octanol–water partition coefficient (Wildman–Crippen LogP) is 2.80. The summed E-state index contributed by atoms with van der Waals surface area (Å²) in [5, 5.41) is 7.63. The number of benzene rings is 1. The molecule has 1 N–H and O–H groups in total. The third kappa shape index (κ3) is 3.81. The maximum Gasteiger partial charge on any atom is 0.272 e. The van der Waals surface area contributed by atoms with Crippen LogP contribution in [0.5, 0.6) is 0 Å². The average molecular weight is 380 g/mol. The number of hydrogen-bond donors (Lipinski definition) is 1. The molecule has 1 saturated heterocycles. The van der Waals surface area contributed by atoms with E-state index in [0.29, 0.717) is 25.2 Å². The first kappa shape index (κ1) is 18.7. The zero-order valence-corrected chi connectivity index (χ0v) is 16.5. The van der Waals surface area contributed by atoms with E-state index in [2.05, 4.69) is 29.5 Å². The lowest BCUT2D eigenvalue weighted by Gasteiger charge is -2.20. The summed E-state index contributed by atoms with van der Waals surface area (Å²) in [4.78, 5) is 26.8. The lowest BCUT2D eigenvalue weighted by atomic mass is 10.2. The van der Waals surface area contributed by atoms with Crippen LogP contribution in [-0.2, 0) is 17.6 Å². The van der Waals surface area contributed by atoms with Gasteiger partial charge in [-0.3, -0.25) is 9.59 Å². The highest BCUT2D eigenvalue weighted by atomic mass is 16.2. The summed E-state index contributed by atoms with van der Waals surface area (Å²) in [5.74, 6) is 0.0718. The Morgan fingerprint density at radius 3 is 2.71 bits per heavy atom. The molecular formula is C22H28N4O2. The first-order chi connectivity index (χ1) is 13.6. The van der Waals surface area contributed by atoms with Crippen LogP contribution < -0.4 is 5.32 Å². The third-order valence-electron chi connectivity index (χ3n) is 5.76. The highest BCUT2D eigenvalue weighted by Crippen LogP contribution is 2.28. The minimum atomic E-state index is -0.133. The highest BCUT2D eigenvalue weighted by Gasteiger charge is 2.27. The maximum atomic E-state index is 12.8. The van der Waals surface area contributed by atoms with Gasteiger partial charge in [0, 0.05) is 37.3 Å². The van der Waals surface area contributed by atoms with Crippen LogP contribution in [0.2, 0.25) is 0 Å². The van der Waals surface area contributed by atoms with Crippen LogP contribution in [0, 0.1) is 6.92 Å². The van der Waals surface area contributed by atoms with Crippen molar-refractivity contribution < 1.29 is 9.59 Å². The van der Waals surface area contributed by atoms with Crippen molar-refractivity contribution in [3.8, 4) is 5.69 Å². The van der Waals surface area contributed by atoms with Crippen molar-refractivity contribution in [1.82, 2.24) is 20.0 Å². The number of carbonyl (C=O) groups excluding carboxylic acids is 2. The van der Waals surface area contributed by atoms with Gasteiger partial charge in [-0.1, -0.05) is 24.1 Å². The molecular weight excluding hydrogens is 352 g/mol. The quantitative estimate of drug-likeness (QED) is 0.867. The molecule has 0 saturated carbocycles. The standard InChI is InChI=1S/C22H28N4O2/c1-16-9-11-17(12-10-16)26-19-7-5-6-18(19)21(24-26)22(28)23-13-15-25-14-4-2-3-8-20(25)27/h9-12H,2-8,13-15H2,1H3,(H,23,28). The number of aryl methyl sites for hydroxylation is 1. The Kier molecular flexibility index (Phi) is 5.46.